The number of ether oxygens (including phenoxy) is 1. The molecule has 0 saturated carbocycles. The Morgan fingerprint density at radius 1 is 0.974 bits per heavy atom. The number of unbranched alkanes of at least 4 members (excludes halogenated alkanes) is 2. The molecule has 5 rings (SSSR count). The van der Waals surface area contributed by atoms with Crippen LogP contribution in [0.3, 0.4) is 0 Å². The number of nitrogens with one attached hydrogen (secondary N) is 1. The molecule has 2 atom stereocenters. The smallest absolute Gasteiger partial charge is 0.227 e. The van der Waals surface area contributed by atoms with Crippen LogP contribution in [0, 0.1) is 6.92 Å². The zero-order valence-corrected chi connectivity index (χ0v) is 22.5. The molecule has 0 unspecified atom stereocenters. The summed E-state index contributed by atoms with van der Waals surface area (Å²) in [6, 6.07) is 23.7. The van der Waals surface area contributed by atoms with E-state index < -0.39 is 6.04 Å². The van der Waals surface area contributed by atoms with Gasteiger partial charge in [0.25, 0.3) is 0 Å². The minimum absolute atomic E-state index is 0.0413. The molecule has 1 N–H and O–H groups in total. The van der Waals surface area contributed by atoms with Crippen molar-refractivity contribution in [1.82, 2.24) is 0 Å². The first-order chi connectivity index (χ1) is 18.5. The van der Waals surface area contributed by atoms with E-state index in [1.807, 2.05) is 60.4 Å². The molecule has 196 valence electrons. The highest BCUT2D eigenvalue weighted by Gasteiger charge is 2.41. The van der Waals surface area contributed by atoms with Crippen LogP contribution in [0.5, 0.6) is 5.75 Å². The summed E-state index contributed by atoms with van der Waals surface area (Å²) >= 11 is 0. The summed E-state index contributed by atoms with van der Waals surface area (Å²) in [6.45, 7) is 4.18. The van der Waals surface area contributed by atoms with Crippen molar-refractivity contribution in [3.05, 3.63) is 101 Å². The van der Waals surface area contributed by atoms with Crippen molar-refractivity contribution in [2.24, 2.45) is 0 Å². The molecule has 1 aliphatic carbocycles. The van der Waals surface area contributed by atoms with Gasteiger partial charge in [-0.3, -0.25) is 14.5 Å². The van der Waals surface area contributed by atoms with E-state index in [0.717, 1.165) is 58.8 Å². The van der Waals surface area contributed by atoms with Crippen LogP contribution in [-0.2, 0) is 9.59 Å². The van der Waals surface area contributed by atoms with E-state index in [4.69, 9.17) is 4.74 Å². The number of amides is 1. The Morgan fingerprint density at radius 2 is 1.74 bits per heavy atom. The minimum Gasteiger partial charge on any atom is -0.497 e. The van der Waals surface area contributed by atoms with Gasteiger partial charge >= 0.3 is 0 Å². The second-order valence-electron chi connectivity index (χ2n) is 10.4. The van der Waals surface area contributed by atoms with Crippen molar-refractivity contribution < 1.29 is 14.3 Å². The number of carbonyl (C=O) groups excluding carboxylic acids is 2. The van der Waals surface area contributed by atoms with Crippen molar-refractivity contribution >= 4 is 23.1 Å². The molecule has 3 aromatic carbocycles. The van der Waals surface area contributed by atoms with Gasteiger partial charge in [0.05, 0.1) is 24.5 Å². The molecule has 38 heavy (non-hydrogen) atoms. The SMILES string of the molecule is CCCCCC(=O)N1c2cc(C)ccc2NC2=C(C(=O)C[C@@H](c3ccccc3)C2)[C@H]1c1ccc(OC)cc1. The van der Waals surface area contributed by atoms with Crippen LogP contribution in [-0.4, -0.2) is 18.8 Å². The summed E-state index contributed by atoms with van der Waals surface area (Å²) < 4.78 is 5.41. The highest BCUT2D eigenvalue weighted by Crippen LogP contribution is 2.48. The van der Waals surface area contributed by atoms with Gasteiger partial charge in [-0.2, -0.15) is 0 Å². The number of anilines is 2. The van der Waals surface area contributed by atoms with Crippen molar-refractivity contribution in [3.63, 3.8) is 0 Å². The Bertz CT molecular complexity index is 1340. The lowest BCUT2D eigenvalue weighted by molar-refractivity contribution is -0.119. The summed E-state index contributed by atoms with van der Waals surface area (Å²) in [4.78, 5) is 30.0. The van der Waals surface area contributed by atoms with Crippen LogP contribution >= 0.6 is 0 Å². The third kappa shape index (κ3) is 5.10. The fraction of sp³-hybridized carbons (Fsp3) is 0.333. The van der Waals surface area contributed by atoms with E-state index in [1.165, 1.54) is 0 Å². The summed E-state index contributed by atoms with van der Waals surface area (Å²) in [6.07, 6.45) is 4.44. The van der Waals surface area contributed by atoms with E-state index in [0.29, 0.717) is 24.8 Å². The highest BCUT2D eigenvalue weighted by atomic mass is 16.5. The van der Waals surface area contributed by atoms with Crippen molar-refractivity contribution in [2.75, 3.05) is 17.3 Å². The molecular weight excluding hydrogens is 472 g/mol. The fourth-order valence-electron chi connectivity index (χ4n) is 5.73. The molecule has 0 radical (unpaired) electrons. The maximum atomic E-state index is 14.1. The van der Waals surface area contributed by atoms with E-state index in [1.54, 1.807) is 7.11 Å². The van der Waals surface area contributed by atoms with E-state index >= 15 is 0 Å². The molecule has 0 bridgehead atoms. The number of aryl methyl sites for hydroxylation is 1. The Labute approximate surface area is 225 Å². The number of carbonyl (C=O) groups is 2. The number of ketones is 1. The van der Waals surface area contributed by atoms with E-state index in [2.05, 4.69) is 36.5 Å². The van der Waals surface area contributed by atoms with Gasteiger partial charge in [-0.05, 0) is 66.6 Å². The van der Waals surface area contributed by atoms with Crippen LogP contribution in [0.2, 0.25) is 0 Å². The first-order valence-corrected chi connectivity index (χ1v) is 13.6. The molecule has 0 spiro atoms. The molecule has 1 heterocycles. The van der Waals surface area contributed by atoms with Gasteiger partial charge in [0, 0.05) is 24.1 Å². The largest absolute Gasteiger partial charge is 0.497 e. The first-order valence-electron chi connectivity index (χ1n) is 13.6. The van der Waals surface area contributed by atoms with Crippen molar-refractivity contribution in [2.45, 2.75) is 64.3 Å². The maximum absolute atomic E-state index is 14.1. The third-order valence-corrected chi connectivity index (χ3v) is 7.70. The number of allylic oxidation sites excluding steroid dienone is 1. The number of nitrogens with zero attached hydrogens (tertiary/aromatic N) is 1. The van der Waals surface area contributed by atoms with Crippen LogP contribution < -0.4 is 15.0 Å². The zero-order chi connectivity index (χ0) is 26.6. The number of rotatable bonds is 7. The van der Waals surface area contributed by atoms with Crippen LogP contribution in [0.25, 0.3) is 0 Å². The molecule has 0 aromatic heterocycles. The van der Waals surface area contributed by atoms with Crippen LogP contribution in [0.4, 0.5) is 11.4 Å². The van der Waals surface area contributed by atoms with Gasteiger partial charge < -0.3 is 10.1 Å². The molecule has 3 aromatic rings. The number of methoxy groups -OCH3 is 1. The number of benzene rings is 3. The number of hydrogen-bond acceptors (Lipinski definition) is 4. The standard InChI is InChI=1S/C33H36N2O3/c1-4-5-7-12-31(37)35-29-19-22(2)13-18-27(29)34-28-20-25(23-10-8-6-9-11-23)21-30(36)32(28)33(35)24-14-16-26(38-3)17-15-24/h6,8-11,13-19,25,33-34H,4-5,7,12,20-21H2,1-3H3/t25-,33+/m0/s1. The lowest BCUT2D eigenvalue weighted by Crippen LogP contribution is -2.38. The predicted molar refractivity (Wildman–Crippen MR) is 153 cm³/mol. The highest BCUT2D eigenvalue weighted by molar-refractivity contribution is 6.06. The number of Topliss-reactive ketones (excluding diaryl/α,β-unsaturated/α-hetero) is 1. The second-order valence-corrected chi connectivity index (χ2v) is 10.4. The average molecular weight is 509 g/mol. The van der Waals surface area contributed by atoms with Gasteiger partial charge in [0.2, 0.25) is 5.91 Å². The molecule has 1 amide bonds. The Hall–Kier alpha value is -3.86. The van der Waals surface area contributed by atoms with Gasteiger partial charge in [0.1, 0.15) is 5.75 Å². The second kappa shape index (κ2) is 11.3. The van der Waals surface area contributed by atoms with Gasteiger partial charge in [-0.25, -0.2) is 0 Å². The molecule has 2 aliphatic rings. The summed E-state index contributed by atoms with van der Waals surface area (Å²) in [5, 5.41) is 3.63. The van der Waals surface area contributed by atoms with E-state index in [9.17, 15) is 9.59 Å². The lowest BCUT2D eigenvalue weighted by atomic mass is 9.78. The van der Waals surface area contributed by atoms with Crippen molar-refractivity contribution in [1.29, 1.82) is 0 Å². The summed E-state index contributed by atoms with van der Waals surface area (Å²) in [5.41, 5.74) is 6.43. The normalized spacial score (nSPS) is 18.8. The number of hydrogen-bond donors (Lipinski definition) is 1. The van der Waals surface area contributed by atoms with Crippen LogP contribution in [0.15, 0.2) is 84.1 Å². The average Bonchev–Trinajstić information content (AvgIpc) is 3.08. The number of fused-ring (bicyclic) bond motifs is 1. The van der Waals surface area contributed by atoms with Crippen molar-refractivity contribution in [3.8, 4) is 5.75 Å². The molecular formula is C33H36N2O3. The minimum atomic E-state index is -0.509. The molecule has 5 heteroatoms. The topological polar surface area (TPSA) is 58.6 Å². The molecule has 0 fully saturated rings. The Kier molecular flexibility index (Phi) is 7.64. The third-order valence-electron chi connectivity index (χ3n) is 7.70. The van der Waals surface area contributed by atoms with E-state index in [-0.39, 0.29) is 17.6 Å². The van der Waals surface area contributed by atoms with Gasteiger partial charge in [-0.15, -0.1) is 0 Å². The monoisotopic (exact) mass is 508 g/mol. The lowest BCUT2D eigenvalue weighted by Gasteiger charge is -2.35. The predicted octanol–water partition coefficient (Wildman–Crippen LogP) is 7.48. The summed E-state index contributed by atoms with van der Waals surface area (Å²) in [7, 11) is 1.64. The van der Waals surface area contributed by atoms with Gasteiger partial charge in [-0.1, -0.05) is 68.3 Å². The van der Waals surface area contributed by atoms with Gasteiger partial charge in [0.15, 0.2) is 5.78 Å². The molecule has 0 saturated heterocycles. The van der Waals surface area contributed by atoms with Crippen LogP contribution in [0.1, 0.15) is 74.1 Å². The fourth-order valence-corrected chi connectivity index (χ4v) is 5.73. The quantitative estimate of drug-likeness (QED) is 0.336. The summed E-state index contributed by atoms with van der Waals surface area (Å²) in [5.74, 6) is 0.960. The zero-order valence-electron chi connectivity index (χ0n) is 22.5. The maximum Gasteiger partial charge on any atom is 0.227 e. The molecule has 5 nitrogen and oxygen atoms in total. The Balaban J connectivity index is 1.68. The first kappa shape index (κ1) is 25.8. The molecule has 1 aliphatic heterocycles. The Morgan fingerprint density at radius 3 is 2.45 bits per heavy atom.